The van der Waals surface area contributed by atoms with E-state index in [1.54, 1.807) is 12.1 Å². The van der Waals surface area contributed by atoms with Gasteiger partial charge in [-0.2, -0.15) is 4.37 Å². The third-order valence-corrected chi connectivity index (χ3v) is 7.88. The Labute approximate surface area is 210 Å². The lowest BCUT2D eigenvalue weighted by Gasteiger charge is -2.31. The highest BCUT2D eigenvalue weighted by molar-refractivity contribution is 7.09. The van der Waals surface area contributed by atoms with Crippen molar-refractivity contribution in [3.63, 3.8) is 0 Å². The molecule has 1 aromatic carbocycles. The monoisotopic (exact) mass is 497 g/mol. The fourth-order valence-electron chi connectivity index (χ4n) is 5.11. The summed E-state index contributed by atoms with van der Waals surface area (Å²) in [4.78, 5) is 41.7. The van der Waals surface area contributed by atoms with Gasteiger partial charge in [0.2, 0.25) is 5.91 Å². The van der Waals surface area contributed by atoms with Gasteiger partial charge in [-0.15, -0.1) is 0 Å². The molecule has 4 rings (SSSR count). The lowest BCUT2D eigenvalue weighted by atomic mass is 9.95. The molecule has 1 atom stereocenters. The summed E-state index contributed by atoms with van der Waals surface area (Å²) in [5.41, 5.74) is 7.07. The summed E-state index contributed by atoms with van der Waals surface area (Å²) in [6.45, 7) is 1.89. The van der Waals surface area contributed by atoms with Crippen LogP contribution in [-0.4, -0.2) is 40.2 Å². The SMILES string of the molecule is CC[C@H](C(=O)NC1CCCC1)N(C(=O)c1snc(C(=O)NC2CCCCC2)c1N)c1ccccc1. The highest BCUT2D eigenvalue weighted by Crippen LogP contribution is 2.29. The normalized spacial score (nSPS) is 17.6. The molecule has 0 bridgehead atoms. The van der Waals surface area contributed by atoms with Gasteiger partial charge in [-0.1, -0.05) is 57.2 Å². The Morgan fingerprint density at radius 2 is 1.60 bits per heavy atom. The molecule has 1 heterocycles. The average Bonchev–Trinajstić information content (AvgIpc) is 3.52. The fourth-order valence-corrected chi connectivity index (χ4v) is 5.84. The van der Waals surface area contributed by atoms with Crippen LogP contribution in [0.5, 0.6) is 0 Å². The number of nitrogens with two attached hydrogens (primary N) is 1. The largest absolute Gasteiger partial charge is 0.395 e. The lowest BCUT2D eigenvalue weighted by molar-refractivity contribution is -0.123. The van der Waals surface area contributed by atoms with Gasteiger partial charge in [0.15, 0.2) is 5.69 Å². The van der Waals surface area contributed by atoms with Crippen LogP contribution in [0.3, 0.4) is 0 Å². The van der Waals surface area contributed by atoms with Gasteiger partial charge in [0, 0.05) is 17.8 Å². The molecule has 2 saturated carbocycles. The number of para-hydroxylation sites is 1. The van der Waals surface area contributed by atoms with Gasteiger partial charge in [0.25, 0.3) is 11.8 Å². The number of amides is 3. The van der Waals surface area contributed by atoms with Crippen molar-refractivity contribution in [2.75, 3.05) is 10.6 Å². The molecule has 2 aliphatic rings. The summed E-state index contributed by atoms with van der Waals surface area (Å²) < 4.78 is 4.25. The maximum absolute atomic E-state index is 13.8. The zero-order chi connectivity index (χ0) is 24.8. The van der Waals surface area contributed by atoms with Crippen LogP contribution in [0.4, 0.5) is 11.4 Å². The zero-order valence-electron chi connectivity index (χ0n) is 20.3. The third kappa shape index (κ3) is 5.83. The molecule has 2 aromatic rings. The summed E-state index contributed by atoms with van der Waals surface area (Å²) in [6.07, 6.45) is 9.82. The van der Waals surface area contributed by atoms with Crippen molar-refractivity contribution in [2.24, 2.45) is 0 Å². The van der Waals surface area contributed by atoms with E-state index in [0.717, 1.165) is 62.9 Å². The molecule has 0 radical (unpaired) electrons. The second-order valence-electron chi connectivity index (χ2n) is 9.51. The highest BCUT2D eigenvalue weighted by atomic mass is 32.1. The third-order valence-electron chi connectivity index (χ3n) is 7.03. The summed E-state index contributed by atoms with van der Waals surface area (Å²) in [5, 5.41) is 6.15. The van der Waals surface area contributed by atoms with E-state index >= 15 is 0 Å². The van der Waals surface area contributed by atoms with Crippen LogP contribution in [0.25, 0.3) is 0 Å². The van der Waals surface area contributed by atoms with Gasteiger partial charge < -0.3 is 16.4 Å². The van der Waals surface area contributed by atoms with Crippen molar-refractivity contribution in [2.45, 2.75) is 89.3 Å². The summed E-state index contributed by atoms with van der Waals surface area (Å²) in [6, 6.07) is 8.68. The topological polar surface area (TPSA) is 117 Å². The van der Waals surface area contributed by atoms with Gasteiger partial charge in [-0.3, -0.25) is 19.3 Å². The van der Waals surface area contributed by atoms with Crippen LogP contribution in [-0.2, 0) is 4.79 Å². The second-order valence-corrected chi connectivity index (χ2v) is 10.3. The van der Waals surface area contributed by atoms with Gasteiger partial charge >= 0.3 is 0 Å². The first kappa shape index (κ1) is 25.2. The number of rotatable bonds is 8. The van der Waals surface area contributed by atoms with Crippen molar-refractivity contribution in [3.8, 4) is 0 Å². The molecule has 2 fully saturated rings. The Morgan fingerprint density at radius 3 is 2.23 bits per heavy atom. The fraction of sp³-hybridized carbons (Fsp3) is 0.538. The number of hydrogen-bond donors (Lipinski definition) is 3. The minimum absolute atomic E-state index is 0.0697. The molecular weight excluding hydrogens is 462 g/mol. The molecule has 9 heteroatoms. The van der Waals surface area contributed by atoms with Crippen LogP contribution in [0.1, 0.15) is 91.3 Å². The number of nitrogens with zero attached hydrogens (tertiary/aromatic N) is 2. The molecule has 2 aliphatic carbocycles. The molecule has 0 saturated heterocycles. The molecule has 35 heavy (non-hydrogen) atoms. The van der Waals surface area contributed by atoms with Crippen molar-refractivity contribution in [1.82, 2.24) is 15.0 Å². The van der Waals surface area contributed by atoms with Crippen molar-refractivity contribution < 1.29 is 14.4 Å². The number of nitrogens with one attached hydrogen (secondary N) is 2. The van der Waals surface area contributed by atoms with Crippen LogP contribution in [0, 0.1) is 0 Å². The maximum Gasteiger partial charge on any atom is 0.273 e. The zero-order valence-corrected chi connectivity index (χ0v) is 21.1. The Bertz CT molecular complexity index is 1030. The highest BCUT2D eigenvalue weighted by Gasteiger charge is 2.35. The van der Waals surface area contributed by atoms with Crippen molar-refractivity contribution >= 4 is 40.6 Å². The van der Waals surface area contributed by atoms with Gasteiger partial charge in [-0.05, 0) is 55.8 Å². The average molecular weight is 498 g/mol. The molecule has 4 N–H and O–H groups in total. The summed E-state index contributed by atoms with van der Waals surface area (Å²) in [5.74, 6) is -0.937. The van der Waals surface area contributed by atoms with Crippen LogP contribution >= 0.6 is 11.5 Å². The van der Waals surface area contributed by atoms with E-state index in [1.165, 1.54) is 11.3 Å². The summed E-state index contributed by atoms with van der Waals surface area (Å²) in [7, 11) is 0. The van der Waals surface area contributed by atoms with E-state index in [9.17, 15) is 14.4 Å². The molecule has 3 amide bonds. The molecule has 0 spiro atoms. The Balaban J connectivity index is 1.58. The minimum Gasteiger partial charge on any atom is -0.395 e. The van der Waals surface area contributed by atoms with E-state index in [1.807, 2.05) is 25.1 Å². The van der Waals surface area contributed by atoms with Crippen LogP contribution in [0.2, 0.25) is 0 Å². The smallest absolute Gasteiger partial charge is 0.273 e. The van der Waals surface area contributed by atoms with Gasteiger partial charge in [0.05, 0.1) is 5.69 Å². The molecule has 0 unspecified atom stereocenters. The first-order valence-corrected chi connectivity index (χ1v) is 13.5. The van der Waals surface area contributed by atoms with Crippen molar-refractivity contribution in [1.29, 1.82) is 0 Å². The first-order valence-electron chi connectivity index (χ1n) is 12.7. The molecule has 0 aliphatic heterocycles. The summed E-state index contributed by atoms with van der Waals surface area (Å²) >= 11 is 0.911. The number of aromatic nitrogens is 1. The molecule has 8 nitrogen and oxygen atoms in total. The molecular formula is C26H35N5O3S. The van der Waals surface area contributed by atoms with Crippen molar-refractivity contribution in [3.05, 3.63) is 40.9 Å². The van der Waals surface area contributed by atoms with Gasteiger partial charge in [0.1, 0.15) is 10.9 Å². The van der Waals surface area contributed by atoms with E-state index in [2.05, 4.69) is 15.0 Å². The van der Waals surface area contributed by atoms with Gasteiger partial charge in [-0.25, -0.2) is 0 Å². The Morgan fingerprint density at radius 1 is 1.00 bits per heavy atom. The number of carbonyl (C=O) groups excluding carboxylic acids is 3. The number of nitrogen functional groups attached to an aromatic ring is 1. The standard InChI is InChI=1S/C26H35N5O3S/c1-2-20(24(32)28-17-13-9-10-14-17)31(19-15-7-4-8-16-19)26(34)23-21(27)22(30-35-23)25(33)29-18-11-5-3-6-12-18/h4,7-8,15-18,20H,2-3,5-6,9-14,27H2,1H3,(H,28,32)(H,29,33)/t20-/m1/s1. The predicted octanol–water partition coefficient (Wildman–Crippen LogP) is 4.27. The van der Waals surface area contributed by atoms with E-state index in [0.29, 0.717) is 12.1 Å². The number of hydrogen-bond acceptors (Lipinski definition) is 6. The number of carbonyl (C=O) groups is 3. The van der Waals surface area contributed by atoms with E-state index in [4.69, 9.17) is 5.73 Å². The van der Waals surface area contributed by atoms with Crippen LogP contribution in [0.15, 0.2) is 30.3 Å². The number of anilines is 2. The quantitative estimate of drug-likeness (QED) is 0.503. The maximum atomic E-state index is 13.8. The lowest BCUT2D eigenvalue weighted by Crippen LogP contribution is -2.51. The molecule has 188 valence electrons. The minimum atomic E-state index is -0.702. The Kier molecular flexibility index (Phi) is 8.38. The van der Waals surface area contributed by atoms with E-state index < -0.39 is 11.9 Å². The number of benzene rings is 1. The Hall–Kier alpha value is -2.94. The van der Waals surface area contributed by atoms with E-state index in [-0.39, 0.29) is 40.2 Å². The predicted molar refractivity (Wildman–Crippen MR) is 139 cm³/mol. The molecule has 1 aromatic heterocycles. The second kappa shape index (κ2) is 11.7. The first-order chi connectivity index (χ1) is 17.0. The van der Waals surface area contributed by atoms with Crippen LogP contribution < -0.4 is 21.3 Å².